The number of nitrogens with zero attached hydrogens (tertiary/aromatic N) is 2. The summed E-state index contributed by atoms with van der Waals surface area (Å²) in [6.07, 6.45) is 0.297. The van der Waals surface area contributed by atoms with Crippen LogP contribution in [0.15, 0.2) is 60.7 Å². The highest BCUT2D eigenvalue weighted by Gasteiger charge is 2.41. The van der Waals surface area contributed by atoms with Gasteiger partial charge in [0.05, 0.1) is 25.6 Å². The number of benzene rings is 2. The summed E-state index contributed by atoms with van der Waals surface area (Å²) in [6.45, 7) is 7.76. The minimum atomic E-state index is -0.260. The molecule has 1 saturated heterocycles. The number of esters is 2. The first-order chi connectivity index (χ1) is 15.6. The Morgan fingerprint density at radius 2 is 1.53 bits per heavy atom. The molecule has 6 heteroatoms. The Morgan fingerprint density at radius 1 is 0.906 bits per heavy atom. The number of rotatable bonds is 11. The standard InChI is InChI=1S/C26H34N2O4/c1-3-31-25(29)15-16-28(18-22-13-9-6-10-14-22)24-20-27(17-21-11-7-5-8-12-21)19-23(24)26(30)32-4-2/h5-14,23-24H,3-4,15-20H2,1-2H3. The second-order valence-electron chi connectivity index (χ2n) is 8.12. The Labute approximate surface area is 191 Å². The first-order valence-corrected chi connectivity index (χ1v) is 11.5. The van der Waals surface area contributed by atoms with Crippen molar-refractivity contribution >= 4 is 11.9 Å². The van der Waals surface area contributed by atoms with E-state index in [1.807, 2.05) is 50.2 Å². The molecule has 1 aliphatic rings. The monoisotopic (exact) mass is 438 g/mol. The molecule has 1 heterocycles. The Balaban J connectivity index is 1.79. The molecule has 0 aliphatic carbocycles. The molecular weight excluding hydrogens is 404 g/mol. The van der Waals surface area contributed by atoms with Crippen molar-refractivity contribution in [3.63, 3.8) is 0 Å². The zero-order valence-electron chi connectivity index (χ0n) is 19.1. The van der Waals surface area contributed by atoms with E-state index in [9.17, 15) is 9.59 Å². The van der Waals surface area contributed by atoms with Crippen molar-refractivity contribution in [1.29, 1.82) is 0 Å². The Bertz CT molecular complexity index is 843. The number of ether oxygens (including phenoxy) is 2. The maximum Gasteiger partial charge on any atom is 0.311 e. The number of carbonyl (C=O) groups is 2. The third kappa shape index (κ3) is 6.90. The third-order valence-electron chi connectivity index (χ3n) is 5.81. The van der Waals surface area contributed by atoms with Crippen LogP contribution in [-0.4, -0.2) is 60.6 Å². The van der Waals surface area contributed by atoms with E-state index in [1.165, 1.54) is 5.56 Å². The van der Waals surface area contributed by atoms with Gasteiger partial charge in [-0.2, -0.15) is 0 Å². The average Bonchev–Trinajstić information content (AvgIpc) is 3.22. The molecule has 0 N–H and O–H groups in total. The van der Waals surface area contributed by atoms with Crippen molar-refractivity contribution < 1.29 is 19.1 Å². The van der Waals surface area contributed by atoms with Crippen LogP contribution in [0, 0.1) is 5.92 Å². The van der Waals surface area contributed by atoms with E-state index in [-0.39, 0.29) is 23.9 Å². The van der Waals surface area contributed by atoms with Crippen LogP contribution in [0.3, 0.4) is 0 Å². The van der Waals surface area contributed by atoms with Crippen molar-refractivity contribution in [1.82, 2.24) is 9.80 Å². The van der Waals surface area contributed by atoms with Gasteiger partial charge in [-0.15, -0.1) is 0 Å². The molecule has 1 aliphatic heterocycles. The van der Waals surface area contributed by atoms with E-state index in [2.05, 4.69) is 34.1 Å². The number of hydrogen-bond donors (Lipinski definition) is 0. The maximum absolute atomic E-state index is 12.9. The molecule has 0 bridgehead atoms. The largest absolute Gasteiger partial charge is 0.466 e. The lowest BCUT2D eigenvalue weighted by Gasteiger charge is -2.31. The molecule has 2 unspecified atom stereocenters. The molecule has 172 valence electrons. The van der Waals surface area contributed by atoms with E-state index >= 15 is 0 Å². The summed E-state index contributed by atoms with van der Waals surface area (Å²) in [5.41, 5.74) is 2.37. The van der Waals surface area contributed by atoms with E-state index in [1.54, 1.807) is 0 Å². The Hall–Kier alpha value is -2.70. The lowest BCUT2D eigenvalue weighted by atomic mass is 10.0. The van der Waals surface area contributed by atoms with Crippen molar-refractivity contribution in [2.24, 2.45) is 5.92 Å². The van der Waals surface area contributed by atoms with Gasteiger partial charge in [0.2, 0.25) is 0 Å². The Kier molecular flexibility index (Phi) is 9.26. The zero-order valence-corrected chi connectivity index (χ0v) is 19.1. The maximum atomic E-state index is 12.9. The molecular formula is C26H34N2O4. The Morgan fingerprint density at radius 3 is 2.16 bits per heavy atom. The number of likely N-dealkylation sites (tertiary alicyclic amines) is 1. The zero-order chi connectivity index (χ0) is 22.8. The van der Waals surface area contributed by atoms with Crippen LogP contribution in [-0.2, 0) is 32.2 Å². The molecule has 1 fully saturated rings. The van der Waals surface area contributed by atoms with E-state index < -0.39 is 0 Å². The molecule has 2 aromatic carbocycles. The fourth-order valence-corrected chi connectivity index (χ4v) is 4.34. The molecule has 32 heavy (non-hydrogen) atoms. The molecule has 2 aromatic rings. The minimum absolute atomic E-state index is 0.0348. The second-order valence-corrected chi connectivity index (χ2v) is 8.12. The van der Waals surface area contributed by atoms with Gasteiger partial charge in [-0.05, 0) is 25.0 Å². The normalized spacial score (nSPS) is 18.6. The molecule has 0 amide bonds. The van der Waals surface area contributed by atoms with Crippen molar-refractivity contribution in [2.45, 2.75) is 39.4 Å². The average molecular weight is 439 g/mol. The minimum Gasteiger partial charge on any atom is -0.466 e. The van der Waals surface area contributed by atoms with Crippen LogP contribution >= 0.6 is 0 Å². The second kappa shape index (κ2) is 12.4. The summed E-state index contributed by atoms with van der Waals surface area (Å²) in [7, 11) is 0. The van der Waals surface area contributed by atoms with Gasteiger partial charge in [-0.1, -0.05) is 60.7 Å². The predicted molar refractivity (Wildman–Crippen MR) is 124 cm³/mol. The van der Waals surface area contributed by atoms with E-state index in [0.717, 1.165) is 18.7 Å². The summed E-state index contributed by atoms with van der Waals surface area (Å²) in [6, 6.07) is 20.4. The first-order valence-electron chi connectivity index (χ1n) is 11.5. The molecule has 3 rings (SSSR count). The third-order valence-corrected chi connectivity index (χ3v) is 5.81. The highest BCUT2D eigenvalue weighted by atomic mass is 16.5. The lowest BCUT2D eigenvalue weighted by molar-refractivity contribution is -0.149. The van der Waals surface area contributed by atoms with Gasteiger partial charge < -0.3 is 9.47 Å². The molecule has 6 nitrogen and oxygen atoms in total. The number of carbonyl (C=O) groups excluding carboxylic acids is 2. The van der Waals surface area contributed by atoms with Crippen LogP contribution < -0.4 is 0 Å². The predicted octanol–water partition coefficient (Wildman–Crippen LogP) is 3.51. The van der Waals surface area contributed by atoms with Gasteiger partial charge in [-0.3, -0.25) is 19.4 Å². The SMILES string of the molecule is CCOC(=O)CCN(Cc1ccccc1)C1CN(Cc2ccccc2)CC1C(=O)OCC. The summed E-state index contributed by atoms with van der Waals surface area (Å²) >= 11 is 0. The summed E-state index contributed by atoms with van der Waals surface area (Å²) in [5, 5.41) is 0. The van der Waals surface area contributed by atoms with Crippen molar-refractivity contribution in [2.75, 3.05) is 32.8 Å². The summed E-state index contributed by atoms with van der Waals surface area (Å²) < 4.78 is 10.6. The highest BCUT2D eigenvalue weighted by Crippen LogP contribution is 2.27. The molecule has 0 aromatic heterocycles. The van der Waals surface area contributed by atoms with Gasteiger partial charge in [0.25, 0.3) is 0 Å². The van der Waals surface area contributed by atoms with Gasteiger partial charge in [0.1, 0.15) is 0 Å². The van der Waals surface area contributed by atoms with Gasteiger partial charge >= 0.3 is 11.9 Å². The van der Waals surface area contributed by atoms with Gasteiger partial charge in [0, 0.05) is 38.8 Å². The van der Waals surface area contributed by atoms with Gasteiger partial charge in [0.15, 0.2) is 0 Å². The summed E-state index contributed by atoms with van der Waals surface area (Å²) in [4.78, 5) is 29.5. The fraction of sp³-hybridized carbons (Fsp3) is 0.462. The molecule has 0 radical (unpaired) electrons. The van der Waals surface area contributed by atoms with Crippen LogP contribution in [0.2, 0.25) is 0 Å². The van der Waals surface area contributed by atoms with Gasteiger partial charge in [-0.25, -0.2) is 0 Å². The molecule has 0 saturated carbocycles. The van der Waals surface area contributed by atoms with Crippen LogP contribution in [0.25, 0.3) is 0 Å². The van der Waals surface area contributed by atoms with Crippen molar-refractivity contribution in [3.05, 3.63) is 71.8 Å². The van der Waals surface area contributed by atoms with Crippen LogP contribution in [0.4, 0.5) is 0 Å². The van der Waals surface area contributed by atoms with Crippen LogP contribution in [0.1, 0.15) is 31.4 Å². The first kappa shape index (κ1) is 24.0. The highest BCUT2D eigenvalue weighted by molar-refractivity contribution is 5.74. The molecule has 2 atom stereocenters. The smallest absolute Gasteiger partial charge is 0.311 e. The quantitative estimate of drug-likeness (QED) is 0.501. The summed E-state index contributed by atoms with van der Waals surface area (Å²) in [5.74, 6) is -0.635. The van der Waals surface area contributed by atoms with Crippen molar-refractivity contribution in [3.8, 4) is 0 Å². The lowest BCUT2D eigenvalue weighted by Crippen LogP contribution is -2.44. The van der Waals surface area contributed by atoms with E-state index in [4.69, 9.17) is 9.47 Å². The molecule has 0 spiro atoms. The topological polar surface area (TPSA) is 59.1 Å². The number of hydrogen-bond acceptors (Lipinski definition) is 6. The van der Waals surface area contributed by atoms with E-state index in [0.29, 0.717) is 39.3 Å². The fourth-order valence-electron chi connectivity index (χ4n) is 4.34. The van der Waals surface area contributed by atoms with Crippen LogP contribution in [0.5, 0.6) is 0 Å².